The van der Waals surface area contributed by atoms with Gasteiger partial charge in [0.1, 0.15) is 0 Å². The minimum Gasteiger partial charge on any atom is -0.456 e. The Morgan fingerprint density at radius 1 is 1.29 bits per heavy atom. The number of rotatable bonds is 0. The van der Waals surface area contributed by atoms with E-state index in [-0.39, 0.29) is 32.7 Å². The average molecular weight is 168 g/mol. The van der Waals surface area contributed by atoms with E-state index in [1.807, 2.05) is 0 Å². The van der Waals surface area contributed by atoms with Crippen LogP contribution in [0.25, 0.3) is 0 Å². The molecular weight excluding hydrogens is 165 g/mol. The van der Waals surface area contributed by atoms with Gasteiger partial charge in [-0.1, -0.05) is 0 Å². The van der Waals surface area contributed by atoms with Gasteiger partial charge in [0.15, 0.2) is 0 Å². The summed E-state index contributed by atoms with van der Waals surface area (Å²) >= 11 is 0. The van der Waals surface area contributed by atoms with Crippen LogP contribution in [0.15, 0.2) is 18.6 Å². The van der Waals surface area contributed by atoms with Crippen molar-refractivity contribution in [2.75, 3.05) is 0 Å². The minimum atomic E-state index is 0. The van der Waals surface area contributed by atoms with Crippen LogP contribution in [0.5, 0.6) is 0 Å². The van der Waals surface area contributed by atoms with Crippen molar-refractivity contribution < 1.29 is 32.7 Å². The van der Waals surface area contributed by atoms with E-state index >= 15 is 0 Å². The zero-order valence-electron chi connectivity index (χ0n) is 3.70. The number of aromatic nitrogens is 2. The van der Waals surface area contributed by atoms with Crippen molar-refractivity contribution in [3.8, 4) is 0 Å². The third kappa shape index (κ3) is 2.83. The van der Waals surface area contributed by atoms with Gasteiger partial charge in [0.25, 0.3) is 0 Å². The van der Waals surface area contributed by atoms with Crippen molar-refractivity contribution in [3.63, 3.8) is 0 Å². The summed E-state index contributed by atoms with van der Waals surface area (Å²) in [6, 6.07) is 0. The van der Waals surface area contributed by atoms with E-state index in [1.54, 1.807) is 12.4 Å². The van der Waals surface area contributed by atoms with Gasteiger partial charge < -0.3 is 9.97 Å². The predicted molar refractivity (Wildman–Crippen MR) is 20.9 cm³/mol. The molecule has 1 rings (SSSR count). The van der Waals surface area contributed by atoms with Crippen molar-refractivity contribution in [2.45, 2.75) is 0 Å². The first-order valence-electron chi connectivity index (χ1n) is 1.62. The van der Waals surface area contributed by atoms with Crippen LogP contribution in [0.1, 0.15) is 0 Å². The van der Waals surface area contributed by atoms with Gasteiger partial charge in [0, 0.05) is 32.7 Å². The molecule has 0 aliphatic heterocycles. The van der Waals surface area contributed by atoms with Gasteiger partial charge in [0.05, 0.1) is 0 Å². The molecule has 0 fully saturated rings. The molecule has 0 saturated carbocycles. The molecule has 0 saturated heterocycles. The molecule has 1 radical (unpaired) electrons. The van der Waals surface area contributed by atoms with Gasteiger partial charge >= 0.3 is 0 Å². The molecule has 0 spiro atoms. The predicted octanol–water partition coefficient (Wildman–Crippen LogP) is 0.274. The minimum absolute atomic E-state index is 0. The van der Waals surface area contributed by atoms with E-state index in [9.17, 15) is 0 Å². The fourth-order valence-corrected chi connectivity index (χ4v) is 0.225. The third-order valence-corrected chi connectivity index (χ3v) is 0.434. The fraction of sp³-hybridized carbons (Fsp3) is 0. The van der Waals surface area contributed by atoms with Crippen LogP contribution < -0.4 is 0 Å². The summed E-state index contributed by atoms with van der Waals surface area (Å²) in [5, 5.41) is 0. The maximum Gasteiger partial charge on any atom is 0 e. The Labute approximate surface area is 67.3 Å². The van der Waals surface area contributed by atoms with Crippen molar-refractivity contribution in [1.82, 2.24) is 9.97 Å². The Kier molecular flexibility index (Phi) is 4.46. The van der Waals surface area contributed by atoms with E-state index in [4.69, 9.17) is 0 Å². The smallest absolute Gasteiger partial charge is 0 e. The first kappa shape index (κ1) is 7.18. The summed E-state index contributed by atoms with van der Waals surface area (Å²) in [7, 11) is 0. The largest absolute Gasteiger partial charge is 0.456 e. The van der Waals surface area contributed by atoms with Crippen LogP contribution >= 0.6 is 0 Å². The quantitative estimate of drug-likeness (QED) is 0.519. The molecule has 2 nitrogen and oxygen atoms in total. The molecule has 1 aromatic heterocycles. The molecule has 0 aliphatic carbocycles. The first-order valence-corrected chi connectivity index (χ1v) is 1.62. The second-order valence-electron chi connectivity index (χ2n) is 0.835. The molecule has 0 bridgehead atoms. The Morgan fingerprint density at radius 3 is 2.29 bits per heavy atom. The fourth-order valence-electron chi connectivity index (χ4n) is 0.225. The Bertz CT molecular complexity index is 81.6. The molecule has 1 heterocycles. The van der Waals surface area contributed by atoms with Crippen molar-refractivity contribution >= 4 is 0 Å². The topological polar surface area (TPSA) is 25.8 Å². The van der Waals surface area contributed by atoms with E-state index in [1.165, 1.54) is 6.20 Å². The standard InChI is InChI=1S/C4H3N2.Y/c1-2-6-4-3-5-1;/h1-3H;/q-1;. The van der Waals surface area contributed by atoms with Crippen molar-refractivity contribution in [1.29, 1.82) is 0 Å². The van der Waals surface area contributed by atoms with Gasteiger partial charge in [-0.3, -0.25) is 0 Å². The molecule has 0 amide bonds. The van der Waals surface area contributed by atoms with Crippen LogP contribution in [-0.2, 0) is 32.7 Å². The maximum atomic E-state index is 3.67. The van der Waals surface area contributed by atoms with Crippen LogP contribution in [0.4, 0.5) is 0 Å². The van der Waals surface area contributed by atoms with Gasteiger partial charge in [-0.2, -0.15) is 0 Å². The summed E-state index contributed by atoms with van der Waals surface area (Å²) in [5.74, 6) is 0. The number of nitrogens with zero attached hydrogens (tertiary/aromatic N) is 2. The third-order valence-electron chi connectivity index (χ3n) is 0.434. The van der Waals surface area contributed by atoms with Gasteiger partial charge in [-0.25, -0.2) is 0 Å². The van der Waals surface area contributed by atoms with E-state index in [0.29, 0.717) is 0 Å². The molecule has 3 heteroatoms. The molecule has 0 atom stereocenters. The Morgan fingerprint density at radius 2 is 2.14 bits per heavy atom. The summed E-state index contributed by atoms with van der Waals surface area (Å²) in [6.45, 7) is 0. The van der Waals surface area contributed by atoms with Crippen molar-refractivity contribution in [3.05, 3.63) is 24.8 Å². The number of hydrogen-bond donors (Lipinski definition) is 0. The average Bonchev–Trinajstić information content (AvgIpc) is 1.72. The second kappa shape index (κ2) is 4.35. The van der Waals surface area contributed by atoms with Gasteiger partial charge in [-0.15, -0.1) is 12.4 Å². The zero-order valence-corrected chi connectivity index (χ0v) is 6.54. The molecular formula is C4H3N2Y-. The van der Waals surface area contributed by atoms with E-state index in [2.05, 4.69) is 16.2 Å². The van der Waals surface area contributed by atoms with Crippen LogP contribution in [0.2, 0.25) is 0 Å². The zero-order chi connectivity index (χ0) is 4.24. The maximum absolute atomic E-state index is 3.67. The second-order valence-corrected chi connectivity index (χ2v) is 0.835. The molecule has 0 aliphatic rings. The van der Waals surface area contributed by atoms with Gasteiger partial charge in [0.2, 0.25) is 0 Å². The van der Waals surface area contributed by atoms with Crippen molar-refractivity contribution in [2.24, 2.45) is 0 Å². The molecule has 7 heavy (non-hydrogen) atoms. The molecule has 33 valence electrons. The van der Waals surface area contributed by atoms with E-state index < -0.39 is 0 Å². The monoisotopic (exact) mass is 168 g/mol. The van der Waals surface area contributed by atoms with E-state index in [0.717, 1.165) is 0 Å². The SMILES string of the molecule is [Y].[c-]1cnccn1. The first-order chi connectivity index (χ1) is 3.00. The Balaban J connectivity index is 0.000000360. The molecule has 0 aromatic carbocycles. The molecule has 0 N–H and O–H groups in total. The summed E-state index contributed by atoms with van der Waals surface area (Å²) in [4.78, 5) is 7.26. The summed E-state index contributed by atoms with van der Waals surface area (Å²) < 4.78 is 0. The molecule has 0 unspecified atom stereocenters. The molecule has 1 aromatic rings. The number of hydrogen-bond acceptors (Lipinski definition) is 2. The van der Waals surface area contributed by atoms with Crippen LogP contribution in [0, 0.1) is 6.20 Å². The summed E-state index contributed by atoms with van der Waals surface area (Å²) in [5.41, 5.74) is 0. The normalized spacial score (nSPS) is 6.86. The van der Waals surface area contributed by atoms with Gasteiger partial charge in [-0.05, 0) is 12.4 Å². The Hall–Kier alpha value is 0.184. The van der Waals surface area contributed by atoms with Crippen LogP contribution in [0.3, 0.4) is 0 Å². The summed E-state index contributed by atoms with van der Waals surface area (Å²) in [6.07, 6.45) is 7.24. The van der Waals surface area contributed by atoms with Crippen LogP contribution in [-0.4, -0.2) is 9.97 Å².